The van der Waals surface area contributed by atoms with Gasteiger partial charge in [0.15, 0.2) is 0 Å². The quantitative estimate of drug-likeness (QED) is 0.743. The molecule has 0 heterocycles. The van der Waals surface area contributed by atoms with Crippen molar-refractivity contribution in [1.29, 1.82) is 0 Å². The van der Waals surface area contributed by atoms with Crippen LogP contribution in [0, 0.1) is 11.8 Å². The Labute approximate surface area is 106 Å². The minimum atomic E-state index is -0.678. The molecule has 98 valence electrons. The summed E-state index contributed by atoms with van der Waals surface area (Å²) in [5.74, 6) is 6.30. The van der Waals surface area contributed by atoms with Crippen LogP contribution in [0.15, 0.2) is 0 Å². The molecule has 0 unspecified atom stereocenters. The van der Waals surface area contributed by atoms with Crippen LogP contribution in [0.4, 0.5) is 0 Å². The molecule has 0 radical (unpaired) electrons. The Kier molecular flexibility index (Phi) is 6.62. The highest BCUT2D eigenvalue weighted by atomic mass is 16.3. The van der Waals surface area contributed by atoms with Gasteiger partial charge in [-0.05, 0) is 51.6 Å². The van der Waals surface area contributed by atoms with Crippen molar-refractivity contribution in [1.82, 2.24) is 4.90 Å². The lowest BCUT2D eigenvalue weighted by Gasteiger charge is -2.26. The summed E-state index contributed by atoms with van der Waals surface area (Å²) in [4.78, 5) is 2.37. The molecular formula is C15H27NO. The number of rotatable bonds is 5. The van der Waals surface area contributed by atoms with Crippen molar-refractivity contribution in [3.8, 4) is 11.8 Å². The van der Waals surface area contributed by atoms with Gasteiger partial charge in [0.25, 0.3) is 0 Å². The average molecular weight is 237 g/mol. The average Bonchev–Trinajstić information content (AvgIpc) is 2.30. The van der Waals surface area contributed by atoms with E-state index in [4.69, 9.17) is 0 Å². The molecule has 0 aliphatic heterocycles. The molecule has 1 saturated carbocycles. The van der Waals surface area contributed by atoms with Gasteiger partial charge in [-0.1, -0.05) is 32.1 Å². The van der Waals surface area contributed by atoms with E-state index in [-0.39, 0.29) is 0 Å². The van der Waals surface area contributed by atoms with Crippen LogP contribution in [0.5, 0.6) is 0 Å². The predicted molar refractivity (Wildman–Crippen MR) is 72.8 cm³/mol. The highest BCUT2D eigenvalue weighted by Crippen LogP contribution is 2.26. The van der Waals surface area contributed by atoms with Crippen LogP contribution in [0.25, 0.3) is 0 Å². The third-order valence-corrected chi connectivity index (χ3v) is 3.38. The molecule has 1 aliphatic carbocycles. The Balaban J connectivity index is 2.41. The van der Waals surface area contributed by atoms with E-state index in [0.29, 0.717) is 0 Å². The van der Waals surface area contributed by atoms with Gasteiger partial charge in [0, 0.05) is 0 Å². The molecule has 0 aromatic heterocycles. The Morgan fingerprint density at radius 2 is 1.65 bits per heavy atom. The van der Waals surface area contributed by atoms with Gasteiger partial charge in [0.2, 0.25) is 0 Å². The molecule has 0 atom stereocenters. The number of nitrogens with zero attached hydrogens (tertiary/aromatic N) is 1. The van der Waals surface area contributed by atoms with Crippen molar-refractivity contribution in [2.24, 2.45) is 0 Å². The summed E-state index contributed by atoms with van der Waals surface area (Å²) in [5.41, 5.74) is -0.678. The van der Waals surface area contributed by atoms with E-state index in [1.165, 1.54) is 19.3 Å². The largest absolute Gasteiger partial charge is 0.378 e. The predicted octanol–water partition coefficient (Wildman–Crippen LogP) is 2.81. The van der Waals surface area contributed by atoms with Crippen molar-refractivity contribution < 1.29 is 5.11 Å². The lowest BCUT2D eigenvalue weighted by atomic mass is 9.85. The number of aliphatic hydroxyl groups is 1. The summed E-state index contributed by atoms with van der Waals surface area (Å²) in [6.45, 7) is 7.43. The Morgan fingerprint density at radius 3 is 2.18 bits per heavy atom. The molecule has 0 saturated heterocycles. The number of hydrogen-bond acceptors (Lipinski definition) is 2. The zero-order chi connectivity index (χ0) is 12.6. The van der Waals surface area contributed by atoms with E-state index in [2.05, 4.69) is 30.6 Å². The monoisotopic (exact) mass is 237 g/mol. The van der Waals surface area contributed by atoms with Gasteiger partial charge >= 0.3 is 0 Å². The van der Waals surface area contributed by atoms with Crippen molar-refractivity contribution >= 4 is 0 Å². The maximum Gasteiger partial charge on any atom is 0.125 e. The van der Waals surface area contributed by atoms with Gasteiger partial charge in [-0.25, -0.2) is 0 Å². The van der Waals surface area contributed by atoms with Gasteiger partial charge in [-0.2, -0.15) is 0 Å². The molecule has 2 nitrogen and oxygen atoms in total. The zero-order valence-electron chi connectivity index (χ0n) is 11.5. The molecule has 1 fully saturated rings. The Morgan fingerprint density at radius 1 is 1.06 bits per heavy atom. The van der Waals surface area contributed by atoms with Crippen LogP contribution in [-0.4, -0.2) is 35.2 Å². The van der Waals surface area contributed by atoms with Crippen LogP contribution in [-0.2, 0) is 0 Å². The molecular weight excluding hydrogens is 210 g/mol. The first kappa shape index (κ1) is 14.5. The van der Waals surface area contributed by atoms with E-state index < -0.39 is 5.60 Å². The second-order valence-corrected chi connectivity index (χ2v) is 5.17. The lowest BCUT2D eigenvalue weighted by molar-refractivity contribution is 0.0608. The molecule has 1 N–H and O–H groups in total. The second kappa shape index (κ2) is 7.74. The Bertz CT molecular complexity index is 252. The highest BCUT2D eigenvalue weighted by molar-refractivity contribution is 5.15. The summed E-state index contributed by atoms with van der Waals surface area (Å²) in [6, 6.07) is 0. The van der Waals surface area contributed by atoms with Gasteiger partial charge in [-0.15, -0.1) is 0 Å². The van der Waals surface area contributed by atoms with Crippen molar-refractivity contribution in [3.63, 3.8) is 0 Å². The van der Waals surface area contributed by atoms with Gasteiger partial charge in [-0.3, -0.25) is 4.90 Å². The highest BCUT2D eigenvalue weighted by Gasteiger charge is 2.26. The molecule has 2 heteroatoms. The molecule has 17 heavy (non-hydrogen) atoms. The normalized spacial score (nSPS) is 18.8. The minimum Gasteiger partial charge on any atom is -0.378 e. The zero-order valence-corrected chi connectivity index (χ0v) is 11.5. The lowest BCUT2D eigenvalue weighted by Crippen LogP contribution is -2.30. The minimum absolute atomic E-state index is 0.678. The molecule has 1 rings (SSSR count). The fraction of sp³-hybridized carbons (Fsp3) is 0.867. The van der Waals surface area contributed by atoms with E-state index in [0.717, 1.165) is 45.3 Å². The fourth-order valence-electron chi connectivity index (χ4n) is 2.48. The first-order chi connectivity index (χ1) is 8.20. The topological polar surface area (TPSA) is 23.5 Å². The summed E-state index contributed by atoms with van der Waals surface area (Å²) in [5, 5.41) is 10.3. The molecule has 0 amide bonds. The summed E-state index contributed by atoms with van der Waals surface area (Å²) >= 11 is 0. The summed E-state index contributed by atoms with van der Waals surface area (Å²) in [6.07, 6.45) is 7.57. The van der Waals surface area contributed by atoms with Crippen LogP contribution < -0.4 is 0 Å². The molecule has 0 spiro atoms. The third kappa shape index (κ3) is 5.57. The van der Waals surface area contributed by atoms with Crippen LogP contribution in [0.2, 0.25) is 0 Å². The van der Waals surface area contributed by atoms with Gasteiger partial charge < -0.3 is 5.11 Å². The van der Waals surface area contributed by atoms with Gasteiger partial charge in [0.1, 0.15) is 5.60 Å². The number of hydrogen-bond donors (Lipinski definition) is 1. The fourth-order valence-corrected chi connectivity index (χ4v) is 2.48. The van der Waals surface area contributed by atoms with E-state index in [9.17, 15) is 5.11 Å². The summed E-state index contributed by atoms with van der Waals surface area (Å²) < 4.78 is 0. The standard InChI is InChI=1S/C15H27NO/c1-3-12-16(13-4-2)14-8-11-15(17)9-6-5-7-10-15/h17H,3-7,9-10,12-14H2,1-2H3. The first-order valence-electron chi connectivity index (χ1n) is 7.15. The van der Waals surface area contributed by atoms with Crippen LogP contribution >= 0.6 is 0 Å². The third-order valence-electron chi connectivity index (χ3n) is 3.38. The maximum absolute atomic E-state index is 10.3. The van der Waals surface area contributed by atoms with Crippen molar-refractivity contribution in [2.75, 3.05) is 19.6 Å². The van der Waals surface area contributed by atoms with Crippen molar-refractivity contribution in [2.45, 2.75) is 64.4 Å². The molecule has 0 aromatic rings. The van der Waals surface area contributed by atoms with E-state index in [1.54, 1.807) is 0 Å². The van der Waals surface area contributed by atoms with Gasteiger partial charge in [0.05, 0.1) is 6.54 Å². The van der Waals surface area contributed by atoms with Crippen LogP contribution in [0.1, 0.15) is 58.8 Å². The molecule has 1 aliphatic rings. The SMILES string of the molecule is CCCN(CC#CC1(O)CCCCC1)CCC. The molecule has 0 aromatic carbocycles. The molecule has 0 bridgehead atoms. The first-order valence-corrected chi connectivity index (χ1v) is 7.15. The maximum atomic E-state index is 10.3. The van der Waals surface area contributed by atoms with E-state index in [1.807, 2.05) is 0 Å². The van der Waals surface area contributed by atoms with E-state index >= 15 is 0 Å². The van der Waals surface area contributed by atoms with Crippen LogP contribution in [0.3, 0.4) is 0 Å². The van der Waals surface area contributed by atoms with Crippen molar-refractivity contribution in [3.05, 3.63) is 0 Å². The second-order valence-electron chi connectivity index (χ2n) is 5.17. The smallest absolute Gasteiger partial charge is 0.125 e. The summed E-state index contributed by atoms with van der Waals surface area (Å²) in [7, 11) is 0. The Hall–Kier alpha value is -0.520.